The van der Waals surface area contributed by atoms with E-state index in [9.17, 15) is 0 Å². The predicted molar refractivity (Wildman–Crippen MR) is 0 cm³/mol. The third kappa shape index (κ3) is 18.8. The average molecular weight is 447 g/mol. The van der Waals surface area contributed by atoms with Crippen LogP contribution in [0.3, 0.4) is 0 Å². The molecule has 5 heteroatoms. The Kier molecular flexibility index (Phi) is 217. The molecule has 0 bridgehead atoms. The number of hydrogen-bond acceptors (Lipinski definition) is 0. The van der Waals surface area contributed by atoms with Crippen LogP contribution in [0.15, 0.2) is 0 Å². The van der Waals surface area contributed by atoms with Crippen molar-refractivity contribution in [2.45, 2.75) is 0 Å². The summed E-state index contributed by atoms with van der Waals surface area (Å²) in [6.07, 6.45) is 0. The van der Waals surface area contributed by atoms with E-state index in [2.05, 4.69) is 0 Å². The zero-order valence-corrected chi connectivity index (χ0v) is 9.98. The molecule has 0 amide bonds. The summed E-state index contributed by atoms with van der Waals surface area (Å²) < 4.78 is 0. The summed E-state index contributed by atoms with van der Waals surface area (Å²) in [4.78, 5) is 0. The summed E-state index contributed by atoms with van der Waals surface area (Å²) in [5, 5.41) is 0. The van der Waals surface area contributed by atoms with Crippen LogP contribution < -0.4 is 90.8 Å². The van der Waals surface area contributed by atoms with Gasteiger partial charge in [-0.3, -0.25) is 0 Å². The third-order valence-electron chi connectivity index (χ3n) is 0. The van der Waals surface area contributed by atoms with Gasteiger partial charge in [0.1, 0.15) is 0 Å². The Bertz CT molecular complexity index is 6.85. The summed E-state index contributed by atoms with van der Waals surface area (Å²) in [5.41, 5.74) is 0. The molecule has 0 heterocycles. The first-order chi connectivity index (χ1) is 0. The summed E-state index contributed by atoms with van der Waals surface area (Å²) in [5.74, 6) is 0. The van der Waals surface area contributed by atoms with Gasteiger partial charge in [0.25, 0.3) is 0 Å². The smallest absolute Gasteiger partial charge is 1.00 e. The fourth-order valence-corrected chi connectivity index (χ4v) is 0. The van der Waals surface area contributed by atoms with Crippen LogP contribution in [0.25, 0.3) is 0 Å². The van der Waals surface area contributed by atoms with Gasteiger partial charge in [0.05, 0.1) is 0 Å². The van der Waals surface area contributed by atoms with Crippen LogP contribution in [0.2, 0.25) is 0 Å². The SMILES string of the molecule is [Co+2].[I-].[I-].[I-].[Li+]. The minimum atomic E-state index is 0. The molecule has 5 heavy (non-hydrogen) atoms. The van der Waals surface area contributed by atoms with Gasteiger partial charge in [-0.05, 0) is 0 Å². The van der Waals surface area contributed by atoms with Gasteiger partial charge in [0.2, 0.25) is 0 Å². The second-order valence-corrected chi connectivity index (χ2v) is 0. The second-order valence-electron chi connectivity index (χ2n) is 0. The van der Waals surface area contributed by atoms with Crippen molar-refractivity contribution in [1.29, 1.82) is 0 Å². The maximum absolute atomic E-state index is 0. The molecule has 0 N–H and O–H groups in total. The Hall–Kier alpha value is 3.29. The van der Waals surface area contributed by atoms with E-state index in [0.29, 0.717) is 0 Å². The van der Waals surface area contributed by atoms with Gasteiger partial charge in [0.15, 0.2) is 0 Å². The van der Waals surface area contributed by atoms with Crippen molar-refractivity contribution < 1.29 is 108 Å². The van der Waals surface area contributed by atoms with Crippen molar-refractivity contribution >= 4 is 0 Å². The number of rotatable bonds is 0. The molecule has 0 rings (SSSR count). The first kappa shape index (κ1) is 40.7. The number of halogens is 3. The number of hydrogen-bond donors (Lipinski definition) is 0. The summed E-state index contributed by atoms with van der Waals surface area (Å²) >= 11 is 0. The Morgan fingerprint density at radius 1 is 0.600 bits per heavy atom. The largest absolute Gasteiger partial charge is 2.00 e. The van der Waals surface area contributed by atoms with E-state index < -0.39 is 0 Å². The molecule has 0 fully saturated rings. The molecular weight excluding hydrogens is 447 g/mol. The molecule has 0 aliphatic heterocycles. The second kappa shape index (κ2) is 26.6. The molecule has 0 atom stereocenters. The normalized spacial score (nSPS) is 0. The summed E-state index contributed by atoms with van der Waals surface area (Å²) in [6, 6.07) is 0. The van der Waals surface area contributed by atoms with Crippen LogP contribution in [0, 0.1) is 0 Å². The Labute approximate surface area is 105 Å². The van der Waals surface area contributed by atoms with Crippen molar-refractivity contribution in [3.8, 4) is 0 Å². The van der Waals surface area contributed by atoms with E-state index in [1.807, 2.05) is 0 Å². The van der Waals surface area contributed by atoms with Gasteiger partial charge in [-0.25, -0.2) is 0 Å². The van der Waals surface area contributed by atoms with Gasteiger partial charge in [0, 0.05) is 0 Å². The molecule has 0 unspecified atom stereocenters. The maximum Gasteiger partial charge on any atom is 2.00 e. The fraction of sp³-hybridized carbons (Fsp3) is 0. The molecule has 0 aromatic carbocycles. The molecule has 0 aromatic rings. The van der Waals surface area contributed by atoms with Crippen LogP contribution >= 0.6 is 0 Å². The van der Waals surface area contributed by atoms with Crippen molar-refractivity contribution in [1.82, 2.24) is 0 Å². The Morgan fingerprint density at radius 3 is 0.600 bits per heavy atom. The van der Waals surface area contributed by atoms with Gasteiger partial charge in [-0.1, -0.05) is 0 Å². The van der Waals surface area contributed by atoms with Gasteiger partial charge in [-0.2, -0.15) is 0 Å². The van der Waals surface area contributed by atoms with E-state index in [-0.39, 0.29) is 108 Å². The minimum Gasteiger partial charge on any atom is -1.00 e. The molecular formula is CoI3Li. The van der Waals surface area contributed by atoms with E-state index in [1.54, 1.807) is 0 Å². The quantitative estimate of drug-likeness (QED) is 0.256. The zero-order valence-electron chi connectivity index (χ0n) is 2.47. The Morgan fingerprint density at radius 2 is 0.600 bits per heavy atom. The van der Waals surface area contributed by atoms with Gasteiger partial charge >= 0.3 is 35.6 Å². The molecule has 0 saturated carbocycles. The minimum absolute atomic E-state index is 0. The van der Waals surface area contributed by atoms with E-state index in [1.165, 1.54) is 0 Å². The van der Waals surface area contributed by atoms with Crippen LogP contribution in [-0.2, 0) is 16.8 Å². The topological polar surface area (TPSA) is 0 Å². The molecule has 31 valence electrons. The summed E-state index contributed by atoms with van der Waals surface area (Å²) in [7, 11) is 0. The Balaban J connectivity index is 0. The van der Waals surface area contributed by atoms with Gasteiger partial charge < -0.3 is 71.9 Å². The first-order valence-corrected chi connectivity index (χ1v) is 0. The van der Waals surface area contributed by atoms with E-state index >= 15 is 0 Å². The summed E-state index contributed by atoms with van der Waals surface area (Å²) in [6.45, 7) is 0. The molecule has 0 saturated heterocycles. The average Bonchev–Trinajstić information content (AvgIpc) is 0. The maximum atomic E-state index is 0. The monoisotopic (exact) mass is 447 g/mol. The van der Waals surface area contributed by atoms with Crippen molar-refractivity contribution in [2.24, 2.45) is 0 Å². The zero-order chi connectivity index (χ0) is 0. The fourth-order valence-electron chi connectivity index (χ4n) is 0. The molecule has 0 aliphatic rings. The first-order valence-electron chi connectivity index (χ1n) is 0. The van der Waals surface area contributed by atoms with Crippen molar-refractivity contribution in [2.75, 3.05) is 0 Å². The van der Waals surface area contributed by atoms with E-state index in [4.69, 9.17) is 0 Å². The molecule has 1 radical (unpaired) electrons. The van der Waals surface area contributed by atoms with Gasteiger partial charge in [-0.15, -0.1) is 0 Å². The molecule has 0 aromatic heterocycles. The standard InChI is InChI=1S/Co.3HI.Li/h;3*1H;/q+2;;;;+1/p-3. The van der Waals surface area contributed by atoms with Crippen LogP contribution in [0.4, 0.5) is 0 Å². The van der Waals surface area contributed by atoms with Crippen LogP contribution in [-0.4, -0.2) is 0 Å². The molecule has 0 nitrogen and oxygen atoms in total. The molecule has 0 aliphatic carbocycles. The van der Waals surface area contributed by atoms with Crippen molar-refractivity contribution in [3.05, 3.63) is 0 Å². The van der Waals surface area contributed by atoms with Crippen LogP contribution in [0.1, 0.15) is 0 Å². The van der Waals surface area contributed by atoms with E-state index in [0.717, 1.165) is 0 Å². The predicted octanol–water partition coefficient (Wildman–Crippen LogP) is -12.0. The van der Waals surface area contributed by atoms with Crippen LogP contribution in [0.5, 0.6) is 0 Å². The van der Waals surface area contributed by atoms with Crippen molar-refractivity contribution in [3.63, 3.8) is 0 Å². The third-order valence-corrected chi connectivity index (χ3v) is 0. The molecule has 0 spiro atoms.